The van der Waals surface area contributed by atoms with Gasteiger partial charge in [0.1, 0.15) is 5.54 Å². The van der Waals surface area contributed by atoms with Crippen LogP contribution >= 0.6 is 11.3 Å². The number of methoxy groups -OCH3 is 1. The van der Waals surface area contributed by atoms with E-state index in [0.29, 0.717) is 17.7 Å². The molecule has 0 aromatic carbocycles. The second-order valence-corrected chi connectivity index (χ2v) is 5.94. The van der Waals surface area contributed by atoms with Crippen LogP contribution in [0.2, 0.25) is 0 Å². The van der Waals surface area contributed by atoms with Gasteiger partial charge in [-0.1, -0.05) is 19.3 Å². The SMILES string of the molecule is COC(=O)C1(NC(=O)c2sccc2C)CCCCC1. The molecule has 0 spiro atoms. The van der Waals surface area contributed by atoms with Gasteiger partial charge >= 0.3 is 5.97 Å². The Hall–Kier alpha value is -1.36. The van der Waals surface area contributed by atoms with Crippen LogP contribution in [-0.2, 0) is 9.53 Å². The lowest BCUT2D eigenvalue weighted by molar-refractivity contribution is -0.149. The number of aryl methyl sites for hydroxylation is 1. The summed E-state index contributed by atoms with van der Waals surface area (Å²) in [7, 11) is 1.38. The summed E-state index contributed by atoms with van der Waals surface area (Å²) in [6.45, 7) is 1.90. The first-order valence-electron chi connectivity index (χ1n) is 6.54. The van der Waals surface area contributed by atoms with Crippen LogP contribution in [0.1, 0.15) is 47.3 Å². The molecule has 0 radical (unpaired) electrons. The fourth-order valence-electron chi connectivity index (χ4n) is 2.61. The van der Waals surface area contributed by atoms with Gasteiger partial charge in [0.15, 0.2) is 0 Å². The zero-order valence-corrected chi connectivity index (χ0v) is 12.1. The highest BCUT2D eigenvalue weighted by molar-refractivity contribution is 7.12. The van der Waals surface area contributed by atoms with Crippen molar-refractivity contribution in [2.24, 2.45) is 0 Å². The fraction of sp³-hybridized carbons (Fsp3) is 0.571. The van der Waals surface area contributed by atoms with E-state index < -0.39 is 5.54 Å². The third kappa shape index (κ3) is 2.81. The molecule has 1 saturated carbocycles. The highest BCUT2D eigenvalue weighted by atomic mass is 32.1. The number of ether oxygens (including phenoxy) is 1. The summed E-state index contributed by atoms with van der Waals surface area (Å²) < 4.78 is 4.89. The van der Waals surface area contributed by atoms with Crippen LogP contribution in [0.3, 0.4) is 0 Å². The van der Waals surface area contributed by atoms with Gasteiger partial charge in [0.25, 0.3) is 5.91 Å². The van der Waals surface area contributed by atoms with Crippen molar-refractivity contribution < 1.29 is 14.3 Å². The van der Waals surface area contributed by atoms with Crippen molar-refractivity contribution in [3.63, 3.8) is 0 Å². The number of carbonyl (C=O) groups excluding carboxylic acids is 2. The lowest BCUT2D eigenvalue weighted by Crippen LogP contribution is -2.56. The van der Waals surface area contributed by atoms with Crippen LogP contribution in [0.5, 0.6) is 0 Å². The van der Waals surface area contributed by atoms with Crippen LogP contribution in [0.15, 0.2) is 11.4 Å². The van der Waals surface area contributed by atoms with E-state index in [2.05, 4.69) is 5.32 Å². The van der Waals surface area contributed by atoms with Gasteiger partial charge in [0.05, 0.1) is 12.0 Å². The highest BCUT2D eigenvalue weighted by Crippen LogP contribution is 2.30. The Morgan fingerprint density at radius 1 is 1.32 bits per heavy atom. The molecule has 1 aliphatic carbocycles. The summed E-state index contributed by atoms with van der Waals surface area (Å²) in [5, 5.41) is 4.81. The molecule has 1 aromatic heterocycles. The molecule has 0 unspecified atom stereocenters. The molecule has 5 heteroatoms. The van der Waals surface area contributed by atoms with Crippen molar-refractivity contribution in [2.45, 2.75) is 44.6 Å². The normalized spacial score (nSPS) is 17.8. The van der Waals surface area contributed by atoms with E-state index in [4.69, 9.17) is 4.74 Å². The maximum Gasteiger partial charge on any atom is 0.331 e. The minimum Gasteiger partial charge on any atom is -0.467 e. The van der Waals surface area contributed by atoms with E-state index in [1.165, 1.54) is 18.4 Å². The van der Waals surface area contributed by atoms with Crippen molar-refractivity contribution in [1.29, 1.82) is 0 Å². The van der Waals surface area contributed by atoms with Gasteiger partial charge in [-0.3, -0.25) is 4.79 Å². The molecule has 1 aromatic rings. The summed E-state index contributed by atoms with van der Waals surface area (Å²) in [6, 6.07) is 1.91. The summed E-state index contributed by atoms with van der Waals surface area (Å²) in [5.41, 5.74) is 0.110. The van der Waals surface area contributed by atoms with E-state index >= 15 is 0 Å². The second kappa shape index (κ2) is 5.74. The second-order valence-electron chi connectivity index (χ2n) is 5.02. The number of thiophene rings is 1. The van der Waals surface area contributed by atoms with Gasteiger partial charge in [-0.25, -0.2) is 4.79 Å². The van der Waals surface area contributed by atoms with E-state index in [0.717, 1.165) is 24.8 Å². The maximum atomic E-state index is 12.3. The molecule has 0 aliphatic heterocycles. The van der Waals surface area contributed by atoms with Crippen molar-refractivity contribution >= 4 is 23.2 Å². The minimum absolute atomic E-state index is 0.167. The number of hydrogen-bond acceptors (Lipinski definition) is 4. The quantitative estimate of drug-likeness (QED) is 0.867. The fourth-order valence-corrected chi connectivity index (χ4v) is 3.43. The van der Waals surface area contributed by atoms with Crippen LogP contribution in [0.25, 0.3) is 0 Å². The molecule has 1 fully saturated rings. The number of hydrogen-bond donors (Lipinski definition) is 1. The van der Waals surface area contributed by atoms with E-state index in [1.54, 1.807) is 0 Å². The first-order valence-corrected chi connectivity index (χ1v) is 7.42. The van der Waals surface area contributed by atoms with Crippen molar-refractivity contribution in [3.05, 3.63) is 21.9 Å². The molecule has 104 valence electrons. The summed E-state index contributed by atoms with van der Waals surface area (Å²) >= 11 is 1.40. The Bertz CT molecular complexity index is 475. The Balaban J connectivity index is 2.19. The van der Waals surface area contributed by atoms with Crippen LogP contribution in [0, 0.1) is 6.92 Å². The molecular weight excluding hydrogens is 262 g/mol. The summed E-state index contributed by atoms with van der Waals surface area (Å²) in [6.07, 6.45) is 4.32. The third-order valence-electron chi connectivity index (χ3n) is 3.70. The predicted molar refractivity (Wildman–Crippen MR) is 74.4 cm³/mol. The number of esters is 1. The van der Waals surface area contributed by atoms with Crippen LogP contribution in [-0.4, -0.2) is 24.5 Å². The number of carbonyl (C=O) groups is 2. The molecule has 0 bridgehead atoms. The van der Waals surface area contributed by atoms with Crippen molar-refractivity contribution in [2.75, 3.05) is 7.11 Å². The zero-order chi connectivity index (χ0) is 13.9. The van der Waals surface area contributed by atoms with Gasteiger partial charge < -0.3 is 10.1 Å². The lowest BCUT2D eigenvalue weighted by Gasteiger charge is -2.35. The zero-order valence-electron chi connectivity index (χ0n) is 11.3. The van der Waals surface area contributed by atoms with Crippen molar-refractivity contribution in [3.8, 4) is 0 Å². The Labute approximate surface area is 117 Å². The monoisotopic (exact) mass is 281 g/mol. The van der Waals surface area contributed by atoms with Gasteiger partial charge in [-0.05, 0) is 36.8 Å². The Morgan fingerprint density at radius 2 is 2.00 bits per heavy atom. The number of amides is 1. The van der Waals surface area contributed by atoms with Gasteiger partial charge in [0.2, 0.25) is 0 Å². The molecule has 0 atom stereocenters. The van der Waals surface area contributed by atoms with E-state index in [9.17, 15) is 9.59 Å². The van der Waals surface area contributed by atoms with E-state index in [-0.39, 0.29) is 11.9 Å². The molecular formula is C14H19NO3S. The molecule has 1 N–H and O–H groups in total. The Kier molecular flexibility index (Phi) is 4.24. The molecule has 2 rings (SSSR count). The molecule has 1 heterocycles. The van der Waals surface area contributed by atoms with Crippen LogP contribution in [0.4, 0.5) is 0 Å². The topological polar surface area (TPSA) is 55.4 Å². The van der Waals surface area contributed by atoms with Crippen molar-refractivity contribution in [1.82, 2.24) is 5.32 Å². The molecule has 1 aliphatic rings. The summed E-state index contributed by atoms with van der Waals surface area (Å²) in [5.74, 6) is -0.491. The predicted octanol–water partition coefficient (Wildman–Crippen LogP) is 2.66. The largest absolute Gasteiger partial charge is 0.467 e. The maximum absolute atomic E-state index is 12.3. The average molecular weight is 281 g/mol. The van der Waals surface area contributed by atoms with Gasteiger partial charge in [-0.15, -0.1) is 11.3 Å². The summed E-state index contributed by atoms with van der Waals surface area (Å²) in [4.78, 5) is 25.0. The molecule has 1 amide bonds. The minimum atomic E-state index is -0.833. The first kappa shape index (κ1) is 14.1. The standard InChI is InChI=1S/C14H19NO3S/c1-10-6-9-19-11(10)12(16)15-14(13(17)18-2)7-4-3-5-8-14/h6,9H,3-5,7-8H2,1-2H3,(H,15,16). The lowest BCUT2D eigenvalue weighted by atomic mass is 9.81. The smallest absolute Gasteiger partial charge is 0.331 e. The van der Waals surface area contributed by atoms with Gasteiger partial charge in [-0.2, -0.15) is 0 Å². The molecule has 4 nitrogen and oxygen atoms in total. The third-order valence-corrected chi connectivity index (χ3v) is 4.72. The molecule has 19 heavy (non-hydrogen) atoms. The highest BCUT2D eigenvalue weighted by Gasteiger charge is 2.42. The number of rotatable bonds is 3. The van der Waals surface area contributed by atoms with Gasteiger partial charge in [0, 0.05) is 0 Å². The van der Waals surface area contributed by atoms with Crippen LogP contribution < -0.4 is 5.32 Å². The Morgan fingerprint density at radius 3 is 2.53 bits per heavy atom. The molecule has 0 saturated heterocycles. The average Bonchev–Trinajstić information content (AvgIpc) is 2.85. The first-order chi connectivity index (χ1) is 9.09. The van der Waals surface area contributed by atoms with E-state index in [1.807, 2.05) is 18.4 Å². The number of nitrogens with one attached hydrogen (secondary N) is 1.